The molecule has 0 radical (unpaired) electrons. The molecule has 1 aliphatic heterocycles. The van der Waals surface area contributed by atoms with Gasteiger partial charge in [-0.15, -0.1) is 0 Å². The average molecular weight is 339 g/mol. The number of hydrogen-bond acceptors (Lipinski definition) is 2. The average Bonchev–Trinajstić information content (AvgIpc) is 2.43. The molecule has 3 heteroatoms. The summed E-state index contributed by atoms with van der Waals surface area (Å²) in [4.78, 5) is 2.58. The van der Waals surface area contributed by atoms with E-state index in [1.54, 1.807) is 0 Å². The van der Waals surface area contributed by atoms with Gasteiger partial charge in [-0.3, -0.25) is 4.90 Å². The highest BCUT2D eigenvalue weighted by atomic mass is 79.9. The molecule has 1 heterocycles. The van der Waals surface area contributed by atoms with Crippen molar-refractivity contribution in [2.75, 3.05) is 13.1 Å². The first kappa shape index (κ1) is 16.0. The van der Waals surface area contributed by atoms with Gasteiger partial charge in [0.05, 0.1) is 0 Å². The largest absolute Gasteiger partial charge is 0.313 e. The van der Waals surface area contributed by atoms with Crippen molar-refractivity contribution in [2.24, 2.45) is 0 Å². The van der Waals surface area contributed by atoms with E-state index in [0.29, 0.717) is 12.1 Å². The van der Waals surface area contributed by atoms with Crippen molar-refractivity contribution in [2.45, 2.75) is 58.7 Å². The van der Waals surface area contributed by atoms with Crippen LogP contribution in [0.15, 0.2) is 22.7 Å². The van der Waals surface area contributed by atoms with Crippen LogP contribution in [0.4, 0.5) is 0 Å². The Labute approximate surface area is 132 Å². The summed E-state index contributed by atoms with van der Waals surface area (Å²) in [6.07, 6.45) is 4.03. The third-order valence-corrected chi connectivity index (χ3v) is 5.07. The molecular weight excluding hydrogens is 312 g/mol. The Morgan fingerprint density at radius 1 is 1.35 bits per heavy atom. The van der Waals surface area contributed by atoms with E-state index in [-0.39, 0.29) is 0 Å². The van der Waals surface area contributed by atoms with Gasteiger partial charge >= 0.3 is 0 Å². The van der Waals surface area contributed by atoms with E-state index in [1.165, 1.54) is 41.4 Å². The van der Waals surface area contributed by atoms with E-state index < -0.39 is 0 Å². The van der Waals surface area contributed by atoms with Gasteiger partial charge in [-0.1, -0.05) is 34.5 Å². The molecule has 1 aromatic rings. The predicted octanol–water partition coefficient (Wildman–Crippen LogP) is 4.11. The number of benzene rings is 1. The van der Waals surface area contributed by atoms with Gasteiger partial charge in [0.15, 0.2) is 0 Å². The zero-order chi connectivity index (χ0) is 14.5. The summed E-state index contributed by atoms with van der Waals surface area (Å²) in [5.41, 5.74) is 2.70. The van der Waals surface area contributed by atoms with Crippen molar-refractivity contribution in [1.29, 1.82) is 0 Å². The number of aryl methyl sites for hydroxylation is 1. The van der Waals surface area contributed by atoms with Gasteiger partial charge in [0.2, 0.25) is 0 Å². The standard InChI is InChI=1S/C17H27BrN2/c1-13(2)20(12-16-6-4-5-9-19-16)11-15-8-7-14(3)17(18)10-15/h7-8,10,13,16,19H,4-6,9,11-12H2,1-3H3. The van der Waals surface area contributed by atoms with Crippen LogP contribution in [0, 0.1) is 6.92 Å². The topological polar surface area (TPSA) is 15.3 Å². The van der Waals surface area contributed by atoms with Crippen molar-refractivity contribution in [3.05, 3.63) is 33.8 Å². The van der Waals surface area contributed by atoms with E-state index >= 15 is 0 Å². The molecule has 2 rings (SSSR count). The van der Waals surface area contributed by atoms with Crippen molar-refractivity contribution in [1.82, 2.24) is 10.2 Å². The van der Waals surface area contributed by atoms with E-state index in [9.17, 15) is 0 Å². The molecule has 1 fully saturated rings. The Morgan fingerprint density at radius 2 is 2.15 bits per heavy atom. The molecule has 0 bridgehead atoms. The molecule has 1 N–H and O–H groups in total. The summed E-state index contributed by atoms with van der Waals surface area (Å²) in [6.45, 7) is 10.1. The molecule has 1 aromatic carbocycles. The van der Waals surface area contributed by atoms with Crippen LogP contribution < -0.4 is 5.32 Å². The Morgan fingerprint density at radius 3 is 2.75 bits per heavy atom. The first-order valence-corrected chi connectivity index (χ1v) is 8.58. The first-order chi connectivity index (χ1) is 9.56. The number of hydrogen-bond donors (Lipinski definition) is 1. The highest BCUT2D eigenvalue weighted by molar-refractivity contribution is 9.10. The maximum atomic E-state index is 3.66. The zero-order valence-corrected chi connectivity index (χ0v) is 14.5. The van der Waals surface area contributed by atoms with Crippen LogP contribution >= 0.6 is 15.9 Å². The van der Waals surface area contributed by atoms with Gasteiger partial charge in [-0.05, 0) is 57.4 Å². The first-order valence-electron chi connectivity index (χ1n) is 7.78. The van der Waals surface area contributed by atoms with Crippen molar-refractivity contribution in [3.8, 4) is 0 Å². The minimum absolute atomic E-state index is 0.582. The van der Waals surface area contributed by atoms with E-state index in [2.05, 4.69) is 65.1 Å². The number of halogens is 1. The SMILES string of the molecule is Cc1ccc(CN(CC2CCCCN2)C(C)C)cc1Br. The quantitative estimate of drug-likeness (QED) is 0.868. The lowest BCUT2D eigenvalue weighted by atomic mass is 10.0. The third-order valence-electron chi connectivity index (χ3n) is 4.22. The summed E-state index contributed by atoms with van der Waals surface area (Å²) >= 11 is 3.64. The smallest absolute Gasteiger partial charge is 0.0237 e. The highest BCUT2D eigenvalue weighted by Crippen LogP contribution is 2.20. The molecule has 1 atom stereocenters. The molecule has 1 saturated heterocycles. The summed E-state index contributed by atoms with van der Waals surface area (Å²) in [6, 6.07) is 7.97. The minimum Gasteiger partial charge on any atom is -0.313 e. The third kappa shape index (κ3) is 4.57. The van der Waals surface area contributed by atoms with Crippen LogP contribution in [0.25, 0.3) is 0 Å². The van der Waals surface area contributed by atoms with Gasteiger partial charge in [0, 0.05) is 29.6 Å². The van der Waals surface area contributed by atoms with Crippen LogP contribution in [0.3, 0.4) is 0 Å². The van der Waals surface area contributed by atoms with Crippen molar-refractivity contribution < 1.29 is 0 Å². The molecule has 0 aromatic heterocycles. The highest BCUT2D eigenvalue weighted by Gasteiger charge is 2.18. The summed E-state index contributed by atoms with van der Waals surface area (Å²) in [5, 5.41) is 3.66. The van der Waals surface area contributed by atoms with Gasteiger partial charge < -0.3 is 5.32 Å². The van der Waals surface area contributed by atoms with Crippen LogP contribution in [0.5, 0.6) is 0 Å². The van der Waals surface area contributed by atoms with Crippen molar-refractivity contribution >= 4 is 15.9 Å². The van der Waals surface area contributed by atoms with Crippen LogP contribution in [0.2, 0.25) is 0 Å². The van der Waals surface area contributed by atoms with Gasteiger partial charge in [0.1, 0.15) is 0 Å². The molecule has 1 aliphatic rings. The van der Waals surface area contributed by atoms with Gasteiger partial charge in [0.25, 0.3) is 0 Å². The summed E-state index contributed by atoms with van der Waals surface area (Å²) < 4.78 is 1.22. The maximum absolute atomic E-state index is 3.66. The summed E-state index contributed by atoms with van der Waals surface area (Å²) in [5.74, 6) is 0. The lowest BCUT2D eigenvalue weighted by Gasteiger charge is -2.33. The molecule has 1 unspecified atom stereocenters. The molecule has 112 valence electrons. The normalized spacial score (nSPS) is 19.8. The monoisotopic (exact) mass is 338 g/mol. The lowest BCUT2D eigenvalue weighted by Crippen LogP contribution is -2.45. The van der Waals surface area contributed by atoms with E-state index in [0.717, 1.165) is 13.1 Å². The predicted molar refractivity (Wildman–Crippen MR) is 90.1 cm³/mol. The molecule has 0 saturated carbocycles. The zero-order valence-electron chi connectivity index (χ0n) is 13.0. The van der Waals surface area contributed by atoms with E-state index in [1.807, 2.05) is 0 Å². The lowest BCUT2D eigenvalue weighted by molar-refractivity contribution is 0.177. The van der Waals surface area contributed by atoms with Crippen LogP contribution in [-0.2, 0) is 6.54 Å². The maximum Gasteiger partial charge on any atom is 0.0237 e. The van der Waals surface area contributed by atoms with Crippen molar-refractivity contribution in [3.63, 3.8) is 0 Å². The number of piperidine rings is 1. The summed E-state index contributed by atoms with van der Waals surface area (Å²) in [7, 11) is 0. The number of rotatable bonds is 5. The van der Waals surface area contributed by atoms with Gasteiger partial charge in [-0.25, -0.2) is 0 Å². The van der Waals surface area contributed by atoms with Gasteiger partial charge in [-0.2, -0.15) is 0 Å². The Kier molecular flexibility index (Phi) is 6.06. The molecule has 20 heavy (non-hydrogen) atoms. The number of nitrogens with one attached hydrogen (secondary N) is 1. The molecule has 0 aliphatic carbocycles. The minimum atomic E-state index is 0.582. The second kappa shape index (κ2) is 7.58. The van der Waals surface area contributed by atoms with E-state index in [4.69, 9.17) is 0 Å². The fourth-order valence-electron chi connectivity index (χ4n) is 2.79. The second-order valence-corrected chi connectivity index (χ2v) is 7.11. The fraction of sp³-hybridized carbons (Fsp3) is 0.647. The second-order valence-electron chi connectivity index (χ2n) is 6.25. The Balaban J connectivity index is 1.99. The molecule has 0 spiro atoms. The van der Waals surface area contributed by atoms with Crippen LogP contribution in [0.1, 0.15) is 44.2 Å². The number of nitrogens with zero attached hydrogens (tertiary/aromatic N) is 1. The Hall–Kier alpha value is -0.380. The fourth-order valence-corrected chi connectivity index (χ4v) is 3.22. The molecule has 2 nitrogen and oxygen atoms in total. The Bertz CT molecular complexity index is 425. The molecule has 0 amide bonds. The molecular formula is C17H27BrN2. The van der Waals surface area contributed by atoms with Crippen LogP contribution in [-0.4, -0.2) is 30.1 Å².